The molecule has 0 aliphatic heterocycles. The molecule has 0 aliphatic rings. The summed E-state index contributed by atoms with van der Waals surface area (Å²) < 4.78 is 19.9. The van der Waals surface area contributed by atoms with Crippen LogP contribution in [0.4, 0.5) is 9.52 Å². The number of aromatic nitrogens is 3. The highest BCUT2D eigenvalue weighted by atomic mass is 32.1. The lowest BCUT2D eigenvalue weighted by molar-refractivity contribution is 0.183. The Morgan fingerprint density at radius 1 is 1.25 bits per heavy atom. The van der Waals surface area contributed by atoms with E-state index in [0.29, 0.717) is 13.2 Å². The number of nitrogens with zero attached hydrogens (tertiary/aromatic N) is 3. The van der Waals surface area contributed by atoms with Crippen LogP contribution in [0.25, 0.3) is 10.6 Å². The summed E-state index contributed by atoms with van der Waals surface area (Å²) in [5.74, 6) is -0.227. The molecule has 1 N–H and O–H groups in total. The molecule has 0 atom stereocenters. The maximum absolute atomic E-state index is 12.9. The summed E-state index contributed by atoms with van der Waals surface area (Å²) in [7, 11) is 1.68. The highest BCUT2D eigenvalue weighted by molar-refractivity contribution is 7.19. The SMILES string of the molecule is COCCn1ccc(-c2sc(NCc3ccc(F)cc3)nc2C)n1. The number of benzene rings is 1. The zero-order valence-electron chi connectivity index (χ0n) is 13.6. The van der Waals surface area contributed by atoms with Crippen molar-refractivity contribution < 1.29 is 9.13 Å². The molecule has 126 valence electrons. The van der Waals surface area contributed by atoms with Gasteiger partial charge in [-0.1, -0.05) is 23.5 Å². The van der Waals surface area contributed by atoms with Crippen molar-refractivity contribution in [1.29, 1.82) is 0 Å². The fourth-order valence-electron chi connectivity index (χ4n) is 2.28. The monoisotopic (exact) mass is 346 g/mol. The van der Waals surface area contributed by atoms with Gasteiger partial charge in [-0.2, -0.15) is 5.10 Å². The number of anilines is 1. The summed E-state index contributed by atoms with van der Waals surface area (Å²) >= 11 is 1.57. The Morgan fingerprint density at radius 3 is 2.79 bits per heavy atom. The van der Waals surface area contributed by atoms with Gasteiger partial charge in [0.1, 0.15) is 11.5 Å². The Morgan fingerprint density at radius 2 is 2.04 bits per heavy atom. The third kappa shape index (κ3) is 3.98. The van der Waals surface area contributed by atoms with Crippen molar-refractivity contribution in [1.82, 2.24) is 14.8 Å². The maximum Gasteiger partial charge on any atom is 0.183 e. The number of aryl methyl sites for hydroxylation is 1. The van der Waals surface area contributed by atoms with Gasteiger partial charge < -0.3 is 10.1 Å². The summed E-state index contributed by atoms with van der Waals surface area (Å²) in [5, 5.41) is 8.67. The molecule has 24 heavy (non-hydrogen) atoms. The van der Waals surface area contributed by atoms with Crippen LogP contribution in [0, 0.1) is 12.7 Å². The molecule has 2 aromatic heterocycles. The largest absolute Gasteiger partial charge is 0.383 e. The van der Waals surface area contributed by atoms with Gasteiger partial charge in [-0.3, -0.25) is 4.68 Å². The molecule has 0 radical (unpaired) electrons. The minimum atomic E-state index is -0.227. The molecule has 0 bridgehead atoms. The van der Waals surface area contributed by atoms with E-state index >= 15 is 0 Å². The molecule has 0 unspecified atom stereocenters. The molecule has 0 spiro atoms. The van der Waals surface area contributed by atoms with Crippen molar-refractivity contribution in [2.45, 2.75) is 20.0 Å². The second-order valence-corrected chi connectivity index (χ2v) is 6.37. The topological polar surface area (TPSA) is 52.0 Å². The van der Waals surface area contributed by atoms with Crippen LogP contribution >= 0.6 is 11.3 Å². The van der Waals surface area contributed by atoms with Gasteiger partial charge in [-0.25, -0.2) is 9.37 Å². The van der Waals surface area contributed by atoms with E-state index in [0.717, 1.165) is 33.5 Å². The van der Waals surface area contributed by atoms with Crippen LogP contribution in [0.2, 0.25) is 0 Å². The zero-order valence-corrected chi connectivity index (χ0v) is 14.4. The van der Waals surface area contributed by atoms with Crippen molar-refractivity contribution in [3.63, 3.8) is 0 Å². The number of nitrogens with one attached hydrogen (secondary N) is 1. The minimum Gasteiger partial charge on any atom is -0.383 e. The summed E-state index contributed by atoms with van der Waals surface area (Å²) in [4.78, 5) is 5.60. The van der Waals surface area contributed by atoms with Gasteiger partial charge in [0.05, 0.1) is 23.7 Å². The maximum atomic E-state index is 12.9. The first kappa shape index (κ1) is 16.6. The molecule has 5 nitrogen and oxygen atoms in total. The molecule has 3 aromatic rings. The Bertz CT molecular complexity index is 797. The fraction of sp³-hybridized carbons (Fsp3) is 0.294. The number of rotatable bonds is 7. The van der Waals surface area contributed by atoms with Crippen LogP contribution in [-0.2, 0) is 17.8 Å². The summed E-state index contributed by atoms with van der Waals surface area (Å²) in [6.07, 6.45) is 1.94. The van der Waals surface area contributed by atoms with E-state index in [1.807, 2.05) is 23.9 Å². The second-order valence-electron chi connectivity index (χ2n) is 5.37. The van der Waals surface area contributed by atoms with Gasteiger partial charge >= 0.3 is 0 Å². The van der Waals surface area contributed by atoms with Crippen molar-refractivity contribution in [3.05, 3.63) is 53.6 Å². The average molecular weight is 346 g/mol. The number of ether oxygens (including phenoxy) is 1. The van der Waals surface area contributed by atoms with Gasteiger partial charge in [-0.05, 0) is 30.7 Å². The minimum absolute atomic E-state index is 0.227. The van der Waals surface area contributed by atoms with Gasteiger partial charge in [0.2, 0.25) is 0 Å². The van der Waals surface area contributed by atoms with E-state index in [2.05, 4.69) is 15.4 Å². The number of thiazole rings is 1. The van der Waals surface area contributed by atoms with Crippen LogP contribution < -0.4 is 5.32 Å². The zero-order chi connectivity index (χ0) is 16.9. The number of halogens is 1. The third-order valence-electron chi connectivity index (χ3n) is 3.55. The van der Waals surface area contributed by atoms with Crippen molar-refractivity contribution in [2.24, 2.45) is 0 Å². The Labute approximate surface area is 144 Å². The lowest BCUT2D eigenvalue weighted by Crippen LogP contribution is -2.04. The second kappa shape index (κ2) is 7.55. The molecule has 0 fully saturated rings. The van der Waals surface area contributed by atoms with Gasteiger partial charge in [0, 0.05) is 19.9 Å². The van der Waals surface area contributed by atoms with E-state index < -0.39 is 0 Å². The first-order valence-electron chi connectivity index (χ1n) is 7.64. The molecule has 0 aliphatic carbocycles. The van der Waals surface area contributed by atoms with E-state index in [4.69, 9.17) is 4.74 Å². The molecule has 0 amide bonds. The molecule has 7 heteroatoms. The molecule has 2 heterocycles. The lowest BCUT2D eigenvalue weighted by Gasteiger charge is -2.02. The molecule has 0 saturated heterocycles. The van der Waals surface area contributed by atoms with E-state index in [1.165, 1.54) is 12.1 Å². The molecule has 1 aromatic carbocycles. The van der Waals surface area contributed by atoms with Crippen molar-refractivity contribution in [2.75, 3.05) is 19.0 Å². The molecular weight excluding hydrogens is 327 g/mol. The number of hydrogen-bond donors (Lipinski definition) is 1. The first-order chi connectivity index (χ1) is 11.7. The normalized spacial score (nSPS) is 11.0. The standard InChI is InChI=1S/C17H19FN4OS/c1-12-16(15-7-8-22(21-15)9-10-23-2)24-17(20-12)19-11-13-3-5-14(18)6-4-13/h3-8H,9-11H2,1-2H3,(H,19,20). The van der Waals surface area contributed by atoms with Gasteiger partial charge in [0.25, 0.3) is 0 Å². The van der Waals surface area contributed by atoms with Crippen molar-refractivity contribution in [3.8, 4) is 10.6 Å². The molecule has 3 rings (SSSR count). The molecule has 0 saturated carbocycles. The van der Waals surface area contributed by atoms with Crippen LogP contribution in [-0.4, -0.2) is 28.5 Å². The third-order valence-corrected chi connectivity index (χ3v) is 4.69. The predicted octanol–water partition coefficient (Wildman–Crippen LogP) is 3.71. The van der Waals surface area contributed by atoms with Crippen LogP contribution in [0.5, 0.6) is 0 Å². The predicted molar refractivity (Wildman–Crippen MR) is 93.7 cm³/mol. The first-order valence-corrected chi connectivity index (χ1v) is 8.46. The fourth-order valence-corrected chi connectivity index (χ4v) is 3.21. The van der Waals surface area contributed by atoms with Gasteiger partial charge in [0.15, 0.2) is 5.13 Å². The molecular formula is C17H19FN4OS. The van der Waals surface area contributed by atoms with E-state index in [9.17, 15) is 4.39 Å². The van der Waals surface area contributed by atoms with Crippen LogP contribution in [0.3, 0.4) is 0 Å². The summed E-state index contributed by atoms with van der Waals surface area (Å²) in [6, 6.07) is 8.44. The highest BCUT2D eigenvalue weighted by Gasteiger charge is 2.12. The number of hydrogen-bond acceptors (Lipinski definition) is 5. The van der Waals surface area contributed by atoms with Crippen LogP contribution in [0.1, 0.15) is 11.3 Å². The average Bonchev–Trinajstić information content (AvgIpc) is 3.18. The summed E-state index contributed by atoms with van der Waals surface area (Å²) in [5.41, 5.74) is 2.86. The Kier molecular flexibility index (Phi) is 5.22. The quantitative estimate of drug-likeness (QED) is 0.708. The Balaban J connectivity index is 1.68. The summed E-state index contributed by atoms with van der Waals surface area (Å²) in [6.45, 7) is 3.94. The van der Waals surface area contributed by atoms with Gasteiger partial charge in [-0.15, -0.1) is 0 Å². The Hall–Kier alpha value is -2.25. The lowest BCUT2D eigenvalue weighted by atomic mass is 10.2. The van der Waals surface area contributed by atoms with Crippen molar-refractivity contribution >= 4 is 16.5 Å². The van der Waals surface area contributed by atoms with E-state index in [-0.39, 0.29) is 5.82 Å². The van der Waals surface area contributed by atoms with Crippen LogP contribution in [0.15, 0.2) is 36.5 Å². The number of methoxy groups -OCH3 is 1. The smallest absolute Gasteiger partial charge is 0.183 e. The van der Waals surface area contributed by atoms with E-state index in [1.54, 1.807) is 30.6 Å². The highest BCUT2D eigenvalue weighted by Crippen LogP contribution is 2.31.